The Morgan fingerprint density at radius 2 is 0.386 bits per heavy atom. The van der Waals surface area contributed by atoms with Gasteiger partial charge in [-0.15, -0.1) is 0 Å². The van der Waals surface area contributed by atoms with Crippen molar-refractivity contribution in [1.29, 1.82) is 0 Å². The molecule has 0 aromatic rings. The maximum absolute atomic E-state index is 7.07. The monoisotopic (exact) mass is 906 g/mol. The standard InChI is InChI=1S/2C18H33P.4ClH.2Ru/c2*1-4-10-16(11-5-1)19(17-12-6-2-7-13-17)18-14-8-3-9-15-18;;;;;;/h2*16-18H,1-15H2;4*1H;;/q;;;;;;2*+1/p-2. The zero-order valence-corrected chi connectivity index (χ0v) is 36.4. The van der Waals surface area contributed by atoms with Gasteiger partial charge in [0.05, 0.1) is 0 Å². The van der Waals surface area contributed by atoms with E-state index in [9.17, 15) is 0 Å². The molecule has 6 aliphatic carbocycles. The predicted octanol–water partition coefficient (Wildman–Crippen LogP) is 15.2. The van der Waals surface area contributed by atoms with E-state index in [1.165, 1.54) is 193 Å². The van der Waals surface area contributed by atoms with Crippen LogP contribution in [0.2, 0.25) is 0 Å². The molecule has 0 N–H and O–H groups in total. The molecular weight excluding hydrogens is 838 g/mol. The van der Waals surface area contributed by atoms with E-state index in [2.05, 4.69) is 0 Å². The van der Waals surface area contributed by atoms with E-state index >= 15 is 0 Å². The molecule has 266 valence electrons. The predicted molar refractivity (Wildman–Crippen MR) is 201 cm³/mol. The Hall–Kier alpha value is 3.27. The van der Waals surface area contributed by atoms with Crippen molar-refractivity contribution in [3.05, 3.63) is 0 Å². The van der Waals surface area contributed by atoms with Crippen LogP contribution in [0.3, 0.4) is 0 Å². The van der Waals surface area contributed by atoms with Crippen molar-refractivity contribution >= 4 is 50.0 Å². The first kappa shape index (κ1) is 38.5. The molecule has 0 radical (unpaired) electrons. The molecule has 6 saturated carbocycles. The summed E-state index contributed by atoms with van der Waals surface area (Å²) in [5.74, 6) is 0. The summed E-state index contributed by atoms with van der Waals surface area (Å²) in [6.07, 6.45) is 44.3. The first-order valence-corrected chi connectivity index (χ1v) is 37.9. The summed E-state index contributed by atoms with van der Waals surface area (Å²) < 4.78 is 0. The van der Waals surface area contributed by atoms with Crippen molar-refractivity contribution in [3.8, 4) is 0 Å². The topological polar surface area (TPSA) is 0 Å². The molecule has 0 amide bonds. The number of hydrogen-bond donors (Lipinski definition) is 0. The quantitative estimate of drug-likeness (QED) is 0.168. The molecule has 6 rings (SSSR count). The molecular formula is C36H68Cl4P2Ru2. The van der Waals surface area contributed by atoms with Crippen LogP contribution in [0, 0.1) is 0 Å². The zero-order chi connectivity index (χ0) is 30.8. The van der Waals surface area contributed by atoms with Gasteiger partial charge in [0.25, 0.3) is 0 Å². The van der Waals surface area contributed by atoms with Crippen LogP contribution in [-0.4, -0.2) is 34.0 Å². The van der Waals surface area contributed by atoms with Crippen molar-refractivity contribution in [3.63, 3.8) is 0 Å². The van der Waals surface area contributed by atoms with Crippen molar-refractivity contribution < 1.29 is 27.0 Å². The molecule has 0 unspecified atom stereocenters. The van der Waals surface area contributed by atoms with Gasteiger partial charge in [0.15, 0.2) is 0 Å². The van der Waals surface area contributed by atoms with Crippen LogP contribution in [0.25, 0.3) is 0 Å². The molecule has 0 aromatic heterocycles. The average Bonchev–Trinajstić information content (AvgIpc) is 3.08. The molecule has 0 nitrogen and oxygen atoms in total. The molecule has 0 saturated heterocycles. The molecule has 0 heterocycles. The molecule has 6 fully saturated rings. The summed E-state index contributed by atoms with van der Waals surface area (Å²) in [5.41, 5.74) is 3.01. The van der Waals surface area contributed by atoms with E-state index < -0.39 is 38.2 Å². The number of rotatable bonds is 8. The van der Waals surface area contributed by atoms with Crippen LogP contribution in [0.4, 0.5) is 0 Å². The minimum absolute atomic E-state index is 1.00. The molecule has 0 bridgehead atoms. The van der Waals surface area contributed by atoms with Crippen LogP contribution in [0.5, 0.6) is 0 Å². The minimum atomic E-state index is -1.61. The average molecular weight is 907 g/mol. The van der Waals surface area contributed by atoms with Gasteiger partial charge < -0.3 is 0 Å². The first-order valence-electron chi connectivity index (χ1n) is 19.5. The maximum atomic E-state index is 7.07. The molecule has 0 aliphatic heterocycles. The third-order valence-corrected chi connectivity index (χ3v) is 61.6. The molecule has 8 heteroatoms. The fourth-order valence-electron chi connectivity index (χ4n) is 11.9. The van der Waals surface area contributed by atoms with Crippen molar-refractivity contribution in [2.24, 2.45) is 0 Å². The van der Waals surface area contributed by atoms with E-state index in [4.69, 9.17) is 38.8 Å². The molecule has 0 aromatic carbocycles. The third kappa shape index (κ3) is 9.00. The van der Waals surface area contributed by atoms with E-state index in [0.29, 0.717) is 0 Å². The van der Waals surface area contributed by atoms with Crippen LogP contribution >= 0.6 is 50.0 Å². The fraction of sp³-hybridized carbons (Fsp3) is 1.00. The summed E-state index contributed by atoms with van der Waals surface area (Å²) in [7, 11) is 28.3. The van der Waals surface area contributed by atoms with Gasteiger partial charge in [0, 0.05) is 0 Å². The van der Waals surface area contributed by atoms with Crippen LogP contribution < -0.4 is 0 Å². The van der Waals surface area contributed by atoms with Gasteiger partial charge in [0.1, 0.15) is 0 Å². The van der Waals surface area contributed by atoms with Gasteiger partial charge in [-0.3, -0.25) is 0 Å². The SMILES string of the molecule is [Cl][Ru]([Cl])[PH](C1CCCCC1)(C1CCCCC1)C1CCCCC1.[Cl][Ru]([Cl])[PH](C1CCCCC1)(C1CCCCC1)C1CCCCC1. The molecule has 44 heavy (non-hydrogen) atoms. The fourth-order valence-corrected chi connectivity index (χ4v) is 66.8. The van der Waals surface area contributed by atoms with Gasteiger partial charge in [-0.05, 0) is 0 Å². The van der Waals surface area contributed by atoms with Crippen molar-refractivity contribution in [2.75, 3.05) is 0 Å². The summed E-state index contributed by atoms with van der Waals surface area (Å²) in [6.45, 7) is 0. The first-order chi connectivity index (χ1) is 21.5. The van der Waals surface area contributed by atoms with Crippen molar-refractivity contribution in [1.82, 2.24) is 0 Å². The Bertz CT molecular complexity index is 639. The Labute approximate surface area is 300 Å². The Kier molecular flexibility index (Phi) is 17.3. The molecule has 0 spiro atoms. The molecule has 6 aliphatic rings. The summed E-state index contributed by atoms with van der Waals surface area (Å²) in [4.78, 5) is 0. The summed E-state index contributed by atoms with van der Waals surface area (Å²) in [6, 6.07) is 0. The van der Waals surface area contributed by atoms with E-state index in [0.717, 1.165) is 34.0 Å². The molecule has 0 atom stereocenters. The van der Waals surface area contributed by atoms with E-state index in [-0.39, 0.29) is 0 Å². The van der Waals surface area contributed by atoms with Crippen LogP contribution in [-0.2, 0) is 27.0 Å². The second-order valence-corrected chi connectivity index (χ2v) is 52.4. The Balaban J connectivity index is 0.000000175. The van der Waals surface area contributed by atoms with E-state index in [1.807, 2.05) is 0 Å². The normalized spacial score (nSPS) is 28.5. The summed E-state index contributed by atoms with van der Waals surface area (Å²) in [5, 5.41) is 0. The second kappa shape index (κ2) is 19.8. The van der Waals surface area contributed by atoms with Gasteiger partial charge in [-0.1, -0.05) is 0 Å². The van der Waals surface area contributed by atoms with Gasteiger partial charge in [0.2, 0.25) is 0 Å². The van der Waals surface area contributed by atoms with Gasteiger partial charge in [-0.25, -0.2) is 0 Å². The third-order valence-electron chi connectivity index (χ3n) is 13.8. The summed E-state index contributed by atoms with van der Waals surface area (Å²) >= 11 is -3.21. The van der Waals surface area contributed by atoms with E-state index in [1.54, 1.807) is 0 Å². The zero-order valence-electron chi connectivity index (χ0n) is 27.9. The second-order valence-electron chi connectivity index (χ2n) is 16.0. The van der Waals surface area contributed by atoms with Gasteiger partial charge >= 0.3 is 304 Å². The number of hydrogen-bond acceptors (Lipinski definition) is 0. The number of halogens is 4. The van der Waals surface area contributed by atoms with Crippen molar-refractivity contribution in [2.45, 2.75) is 227 Å². The van der Waals surface area contributed by atoms with Gasteiger partial charge in [-0.2, -0.15) is 0 Å². The van der Waals surface area contributed by atoms with Crippen LogP contribution in [0.15, 0.2) is 0 Å². The van der Waals surface area contributed by atoms with Crippen LogP contribution in [0.1, 0.15) is 193 Å². The Morgan fingerprint density at radius 3 is 0.500 bits per heavy atom. The Morgan fingerprint density at radius 1 is 0.250 bits per heavy atom.